The Bertz CT molecular complexity index is 719. The van der Waals surface area contributed by atoms with Crippen LogP contribution in [0.3, 0.4) is 0 Å². The molecule has 2 N–H and O–H groups in total. The van der Waals surface area contributed by atoms with Gasteiger partial charge in [-0.05, 0) is 12.1 Å². The highest BCUT2D eigenvalue weighted by molar-refractivity contribution is 5.47. The molecule has 1 atom stereocenters. The number of fused-ring (bicyclic) bond motifs is 1. The molecule has 1 aliphatic heterocycles. The fourth-order valence-electron chi connectivity index (χ4n) is 2.32. The number of hydrogen-bond acceptors (Lipinski definition) is 6. The second kappa shape index (κ2) is 4.53. The lowest BCUT2D eigenvalue weighted by atomic mass is 10.1. The maximum atomic E-state index is 5.35. The third kappa shape index (κ3) is 1.88. The van der Waals surface area contributed by atoms with Crippen LogP contribution in [0.25, 0.3) is 11.5 Å². The molecule has 7 nitrogen and oxygen atoms in total. The summed E-state index contributed by atoms with van der Waals surface area (Å²) in [6.07, 6.45) is 4.16. The number of H-pyrrole nitrogens is 1. The zero-order chi connectivity index (χ0) is 13.4. The van der Waals surface area contributed by atoms with Crippen molar-refractivity contribution in [3.8, 4) is 11.5 Å². The van der Waals surface area contributed by atoms with Gasteiger partial charge in [-0.25, -0.2) is 4.98 Å². The van der Waals surface area contributed by atoms with Crippen molar-refractivity contribution in [3.63, 3.8) is 0 Å². The minimum absolute atomic E-state index is 0.00392. The molecule has 3 aromatic heterocycles. The molecule has 7 heteroatoms. The van der Waals surface area contributed by atoms with E-state index in [-0.39, 0.29) is 6.04 Å². The van der Waals surface area contributed by atoms with Crippen LogP contribution in [-0.4, -0.2) is 25.1 Å². The van der Waals surface area contributed by atoms with E-state index < -0.39 is 0 Å². The average molecular weight is 268 g/mol. The van der Waals surface area contributed by atoms with Gasteiger partial charge in [0.25, 0.3) is 0 Å². The Balaban J connectivity index is 1.60. The first-order chi connectivity index (χ1) is 9.90. The first kappa shape index (κ1) is 11.3. The number of rotatable bonds is 2. The van der Waals surface area contributed by atoms with Gasteiger partial charge in [0.05, 0.1) is 23.8 Å². The van der Waals surface area contributed by atoms with Gasteiger partial charge >= 0.3 is 0 Å². The highest BCUT2D eigenvalue weighted by Gasteiger charge is 2.26. The topological polar surface area (TPSA) is 92.5 Å². The van der Waals surface area contributed by atoms with Crippen molar-refractivity contribution in [2.45, 2.75) is 19.0 Å². The highest BCUT2D eigenvalue weighted by Crippen LogP contribution is 2.24. The molecule has 0 saturated carbocycles. The van der Waals surface area contributed by atoms with Crippen molar-refractivity contribution in [1.82, 2.24) is 30.4 Å². The predicted molar refractivity (Wildman–Crippen MR) is 69.4 cm³/mol. The molecule has 20 heavy (non-hydrogen) atoms. The van der Waals surface area contributed by atoms with Gasteiger partial charge in [-0.15, -0.1) is 0 Å². The lowest BCUT2D eigenvalue weighted by molar-refractivity contribution is 0.319. The first-order valence-electron chi connectivity index (χ1n) is 6.39. The van der Waals surface area contributed by atoms with Crippen molar-refractivity contribution in [2.24, 2.45) is 0 Å². The summed E-state index contributed by atoms with van der Waals surface area (Å²) in [4.78, 5) is 16.0. The normalized spacial score (nSPS) is 17.9. The molecule has 100 valence electrons. The van der Waals surface area contributed by atoms with Gasteiger partial charge in [-0.1, -0.05) is 11.2 Å². The summed E-state index contributed by atoms with van der Waals surface area (Å²) in [6.45, 7) is 0.724. The fourth-order valence-corrected chi connectivity index (χ4v) is 2.32. The van der Waals surface area contributed by atoms with E-state index in [9.17, 15) is 0 Å². The van der Waals surface area contributed by atoms with Crippen LogP contribution < -0.4 is 5.32 Å². The summed E-state index contributed by atoms with van der Waals surface area (Å²) in [7, 11) is 0. The minimum Gasteiger partial charge on any atom is -0.347 e. The Morgan fingerprint density at radius 1 is 1.25 bits per heavy atom. The molecule has 4 heterocycles. The number of nitrogens with zero attached hydrogens (tertiary/aromatic N) is 4. The van der Waals surface area contributed by atoms with E-state index in [0.29, 0.717) is 17.4 Å². The molecule has 4 rings (SSSR count). The number of aromatic amines is 1. The summed E-state index contributed by atoms with van der Waals surface area (Å²) in [5.74, 6) is 1.08. The zero-order valence-corrected chi connectivity index (χ0v) is 10.6. The summed E-state index contributed by atoms with van der Waals surface area (Å²) in [5.41, 5.74) is 2.87. The third-order valence-electron chi connectivity index (χ3n) is 3.36. The van der Waals surface area contributed by atoms with Gasteiger partial charge in [-0.3, -0.25) is 10.3 Å². The van der Waals surface area contributed by atoms with E-state index in [1.807, 2.05) is 18.2 Å². The van der Waals surface area contributed by atoms with Crippen LogP contribution >= 0.6 is 0 Å². The summed E-state index contributed by atoms with van der Waals surface area (Å²) in [6, 6.07) is 5.60. The number of nitrogens with one attached hydrogen (secondary N) is 2. The molecule has 0 saturated heterocycles. The molecule has 0 radical (unpaired) electrons. The summed E-state index contributed by atoms with van der Waals surface area (Å²) < 4.78 is 5.35. The monoisotopic (exact) mass is 268 g/mol. The van der Waals surface area contributed by atoms with Crippen molar-refractivity contribution < 1.29 is 4.52 Å². The molecular formula is C13H12N6O. The van der Waals surface area contributed by atoms with E-state index in [1.165, 1.54) is 0 Å². The molecule has 0 amide bonds. The maximum Gasteiger partial charge on any atom is 0.244 e. The van der Waals surface area contributed by atoms with Gasteiger partial charge in [-0.2, -0.15) is 4.98 Å². The molecule has 3 aromatic rings. The highest BCUT2D eigenvalue weighted by atomic mass is 16.5. The quantitative estimate of drug-likeness (QED) is 0.726. The molecule has 1 aliphatic rings. The summed E-state index contributed by atoms with van der Waals surface area (Å²) in [5, 5.41) is 7.34. The van der Waals surface area contributed by atoms with E-state index in [1.54, 1.807) is 12.5 Å². The number of aromatic nitrogens is 5. The lowest BCUT2D eigenvalue weighted by Crippen LogP contribution is -2.28. The van der Waals surface area contributed by atoms with Crippen LogP contribution in [0, 0.1) is 0 Å². The van der Waals surface area contributed by atoms with Crippen molar-refractivity contribution in [3.05, 3.63) is 48.0 Å². The molecule has 0 bridgehead atoms. The van der Waals surface area contributed by atoms with Gasteiger partial charge in [0, 0.05) is 19.2 Å². The Morgan fingerprint density at radius 2 is 2.25 bits per heavy atom. The SMILES string of the molecule is c1ccc(-c2noc(C3Cc4nc[nH]c4CN3)n2)nc1. The number of pyridine rings is 1. The van der Waals surface area contributed by atoms with Crippen LogP contribution in [0.1, 0.15) is 23.3 Å². The second-order valence-corrected chi connectivity index (χ2v) is 4.64. The molecule has 0 aromatic carbocycles. The number of imidazole rings is 1. The van der Waals surface area contributed by atoms with Crippen LogP contribution in [0.15, 0.2) is 35.2 Å². The molecule has 0 fully saturated rings. The first-order valence-corrected chi connectivity index (χ1v) is 6.39. The third-order valence-corrected chi connectivity index (χ3v) is 3.36. The molecule has 0 spiro atoms. The standard InChI is InChI=1S/C13H12N6O/c1-2-4-14-8(3-1)12-18-13(20-19-12)10-5-9-11(6-15-10)17-7-16-9/h1-4,7,10,15H,5-6H2,(H,16,17). The van der Waals surface area contributed by atoms with Crippen LogP contribution in [0.2, 0.25) is 0 Å². The van der Waals surface area contributed by atoms with E-state index >= 15 is 0 Å². The molecule has 0 aliphatic carbocycles. The molecule has 1 unspecified atom stereocenters. The second-order valence-electron chi connectivity index (χ2n) is 4.64. The van der Waals surface area contributed by atoms with E-state index in [2.05, 4.69) is 30.4 Å². The van der Waals surface area contributed by atoms with Crippen LogP contribution in [0.5, 0.6) is 0 Å². The van der Waals surface area contributed by atoms with Crippen molar-refractivity contribution >= 4 is 0 Å². The largest absolute Gasteiger partial charge is 0.347 e. The fraction of sp³-hybridized carbons (Fsp3) is 0.231. The maximum absolute atomic E-state index is 5.35. The van der Waals surface area contributed by atoms with E-state index in [0.717, 1.165) is 24.4 Å². The van der Waals surface area contributed by atoms with E-state index in [4.69, 9.17) is 4.52 Å². The molecular weight excluding hydrogens is 256 g/mol. The zero-order valence-electron chi connectivity index (χ0n) is 10.6. The van der Waals surface area contributed by atoms with Gasteiger partial charge < -0.3 is 9.51 Å². The van der Waals surface area contributed by atoms with Crippen LogP contribution in [-0.2, 0) is 13.0 Å². The van der Waals surface area contributed by atoms with Crippen molar-refractivity contribution in [2.75, 3.05) is 0 Å². The Kier molecular flexibility index (Phi) is 2.56. The van der Waals surface area contributed by atoms with Gasteiger partial charge in [0.15, 0.2) is 0 Å². The van der Waals surface area contributed by atoms with Gasteiger partial charge in [0.2, 0.25) is 11.7 Å². The predicted octanol–water partition coefficient (Wildman–Crippen LogP) is 1.24. The minimum atomic E-state index is -0.00392. The van der Waals surface area contributed by atoms with Crippen molar-refractivity contribution in [1.29, 1.82) is 0 Å². The van der Waals surface area contributed by atoms with Gasteiger partial charge in [0.1, 0.15) is 5.69 Å². The smallest absolute Gasteiger partial charge is 0.244 e. The van der Waals surface area contributed by atoms with Crippen LogP contribution in [0.4, 0.5) is 0 Å². The average Bonchev–Trinajstić information content (AvgIpc) is 3.16. The Morgan fingerprint density at radius 3 is 3.15 bits per heavy atom. The summed E-state index contributed by atoms with van der Waals surface area (Å²) >= 11 is 0. The lowest BCUT2D eigenvalue weighted by Gasteiger charge is -2.19. The number of hydrogen-bond donors (Lipinski definition) is 2. The Labute approximate surface area is 114 Å². The Hall–Kier alpha value is -2.54.